The zero-order chi connectivity index (χ0) is 26.9. The number of amides is 1. The quantitative estimate of drug-likeness (QED) is 0.236. The number of hydrogen-bond acceptors (Lipinski definition) is 4. The van der Waals surface area contributed by atoms with Crippen molar-refractivity contribution in [3.8, 4) is 5.75 Å². The number of hydrogen-bond donors (Lipinski definition) is 1. The highest BCUT2D eigenvalue weighted by atomic mass is 16.5. The highest BCUT2D eigenvalue weighted by molar-refractivity contribution is 6.46. The summed E-state index contributed by atoms with van der Waals surface area (Å²) in [5.74, 6) is -0.807. The summed E-state index contributed by atoms with van der Waals surface area (Å²) < 4.78 is 5.51. The Labute approximate surface area is 219 Å². The van der Waals surface area contributed by atoms with Gasteiger partial charge in [-0.05, 0) is 72.7 Å². The number of rotatable bonds is 6. The molecule has 1 fully saturated rings. The number of aliphatic hydroxyl groups is 1. The number of ketones is 1. The van der Waals surface area contributed by atoms with Crippen LogP contribution in [0.1, 0.15) is 67.1 Å². The minimum Gasteiger partial charge on any atom is -0.507 e. The second-order valence-corrected chi connectivity index (χ2v) is 10.7. The molecule has 1 aliphatic heterocycles. The van der Waals surface area contributed by atoms with Crippen molar-refractivity contribution in [2.24, 2.45) is 0 Å². The highest BCUT2D eigenvalue weighted by Gasteiger charge is 2.46. The predicted octanol–water partition coefficient (Wildman–Crippen LogP) is 6.62. The van der Waals surface area contributed by atoms with Gasteiger partial charge in [-0.3, -0.25) is 9.59 Å². The van der Waals surface area contributed by atoms with Crippen molar-refractivity contribution in [2.75, 3.05) is 6.61 Å². The SMILES string of the molecule is CCOc1ccc(/C(O)=C2/C(=O)C(=O)N(Cc3cc(C)ccc3C)C2c2ccc(C(C)(C)C)cc2)cc1. The first-order valence-corrected chi connectivity index (χ1v) is 12.7. The van der Waals surface area contributed by atoms with Crippen LogP contribution in [0.5, 0.6) is 5.75 Å². The molecular weight excluding hydrogens is 462 g/mol. The van der Waals surface area contributed by atoms with Crippen LogP contribution in [0.4, 0.5) is 0 Å². The van der Waals surface area contributed by atoms with Gasteiger partial charge in [-0.2, -0.15) is 0 Å². The Hall–Kier alpha value is -3.86. The van der Waals surface area contributed by atoms with Gasteiger partial charge in [0.2, 0.25) is 0 Å². The number of aliphatic hydroxyl groups excluding tert-OH is 1. The van der Waals surface area contributed by atoms with E-state index < -0.39 is 17.7 Å². The van der Waals surface area contributed by atoms with Gasteiger partial charge < -0.3 is 14.7 Å². The molecular formula is C32H35NO4. The summed E-state index contributed by atoms with van der Waals surface area (Å²) in [5.41, 5.74) is 5.55. The van der Waals surface area contributed by atoms with Crippen LogP contribution in [-0.2, 0) is 21.5 Å². The Kier molecular flexibility index (Phi) is 7.26. The number of Topliss-reactive ketones (excluding diaryl/α,β-unsaturated/α-hetero) is 1. The van der Waals surface area contributed by atoms with Crippen molar-refractivity contribution in [3.05, 3.63) is 106 Å². The zero-order valence-corrected chi connectivity index (χ0v) is 22.5. The molecule has 1 N–H and O–H groups in total. The summed E-state index contributed by atoms with van der Waals surface area (Å²) in [5, 5.41) is 11.4. The first-order chi connectivity index (χ1) is 17.5. The normalized spacial score (nSPS) is 17.4. The van der Waals surface area contributed by atoms with Gasteiger partial charge in [0.25, 0.3) is 11.7 Å². The van der Waals surface area contributed by atoms with Crippen molar-refractivity contribution >= 4 is 17.4 Å². The summed E-state index contributed by atoms with van der Waals surface area (Å²) in [4.78, 5) is 28.4. The maximum Gasteiger partial charge on any atom is 0.295 e. The lowest BCUT2D eigenvalue weighted by molar-refractivity contribution is -0.140. The second kappa shape index (κ2) is 10.3. The standard InChI is InChI=1S/C32H35NO4/c1-7-37-26-16-12-23(13-17-26)29(34)27-28(22-10-14-25(15-11-22)32(4,5)6)33(31(36)30(27)35)19-24-18-20(2)8-9-21(24)3/h8-18,28,34H,7,19H2,1-6H3/b29-27-. The molecule has 0 spiro atoms. The zero-order valence-electron chi connectivity index (χ0n) is 22.5. The van der Waals surface area contributed by atoms with E-state index in [-0.39, 0.29) is 23.3 Å². The molecule has 5 heteroatoms. The Morgan fingerprint density at radius 1 is 0.946 bits per heavy atom. The first kappa shape index (κ1) is 26.2. The summed E-state index contributed by atoms with van der Waals surface area (Å²) in [6.07, 6.45) is 0. The number of carbonyl (C=O) groups excluding carboxylic acids is 2. The van der Waals surface area contributed by atoms with Crippen LogP contribution in [0.15, 0.2) is 72.3 Å². The van der Waals surface area contributed by atoms with Gasteiger partial charge in [0.05, 0.1) is 18.2 Å². The maximum absolute atomic E-state index is 13.4. The van der Waals surface area contributed by atoms with E-state index in [4.69, 9.17) is 4.74 Å². The van der Waals surface area contributed by atoms with Crippen molar-refractivity contribution in [1.29, 1.82) is 0 Å². The maximum atomic E-state index is 13.4. The van der Waals surface area contributed by atoms with Gasteiger partial charge in [-0.1, -0.05) is 68.8 Å². The van der Waals surface area contributed by atoms with E-state index in [2.05, 4.69) is 20.8 Å². The molecule has 0 radical (unpaired) electrons. The fourth-order valence-corrected chi connectivity index (χ4v) is 4.74. The van der Waals surface area contributed by atoms with E-state index in [0.29, 0.717) is 17.9 Å². The molecule has 1 heterocycles. The lowest BCUT2D eigenvalue weighted by Crippen LogP contribution is -2.29. The molecule has 0 aromatic heterocycles. The Balaban J connectivity index is 1.84. The summed E-state index contributed by atoms with van der Waals surface area (Å²) in [6, 6.07) is 20.3. The van der Waals surface area contributed by atoms with Gasteiger partial charge >= 0.3 is 0 Å². The summed E-state index contributed by atoms with van der Waals surface area (Å²) in [7, 11) is 0. The van der Waals surface area contributed by atoms with Crippen molar-refractivity contribution in [3.63, 3.8) is 0 Å². The summed E-state index contributed by atoms with van der Waals surface area (Å²) >= 11 is 0. The van der Waals surface area contributed by atoms with Crippen LogP contribution < -0.4 is 4.74 Å². The third kappa shape index (κ3) is 5.31. The summed E-state index contributed by atoms with van der Waals surface area (Å²) in [6.45, 7) is 13.1. The molecule has 3 aromatic carbocycles. The fraction of sp³-hybridized carbons (Fsp3) is 0.312. The van der Waals surface area contributed by atoms with Gasteiger partial charge in [0, 0.05) is 12.1 Å². The Bertz CT molecular complexity index is 1350. The molecule has 0 bridgehead atoms. The Morgan fingerprint density at radius 3 is 2.19 bits per heavy atom. The van der Waals surface area contributed by atoms with E-state index in [0.717, 1.165) is 27.8 Å². The smallest absolute Gasteiger partial charge is 0.295 e. The number of carbonyl (C=O) groups is 2. The molecule has 0 aliphatic carbocycles. The third-order valence-corrected chi connectivity index (χ3v) is 6.92. The number of likely N-dealkylation sites (tertiary alicyclic amines) is 1. The molecule has 3 aromatic rings. The van der Waals surface area contributed by atoms with Crippen molar-refractivity contribution in [1.82, 2.24) is 4.90 Å². The largest absolute Gasteiger partial charge is 0.507 e. The van der Waals surface area contributed by atoms with Gasteiger partial charge in [0.1, 0.15) is 11.5 Å². The van der Waals surface area contributed by atoms with E-state index in [1.165, 1.54) is 0 Å². The molecule has 1 atom stereocenters. The molecule has 1 aliphatic rings. The molecule has 0 saturated carbocycles. The molecule has 37 heavy (non-hydrogen) atoms. The van der Waals surface area contributed by atoms with Crippen LogP contribution in [0, 0.1) is 13.8 Å². The topological polar surface area (TPSA) is 66.8 Å². The van der Waals surface area contributed by atoms with E-state index >= 15 is 0 Å². The Morgan fingerprint density at radius 2 is 1.59 bits per heavy atom. The molecule has 1 amide bonds. The van der Waals surface area contributed by atoms with Gasteiger partial charge in [0.15, 0.2) is 0 Å². The fourth-order valence-electron chi connectivity index (χ4n) is 4.74. The van der Waals surface area contributed by atoms with Crippen LogP contribution >= 0.6 is 0 Å². The van der Waals surface area contributed by atoms with Gasteiger partial charge in [-0.15, -0.1) is 0 Å². The first-order valence-electron chi connectivity index (χ1n) is 12.7. The number of benzene rings is 3. The van der Waals surface area contributed by atoms with E-state index in [9.17, 15) is 14.7 Å². The van der Waals surface area contributed by atoms with Crippen LogP contribution in [-0.4, -0.2) is 28.3 Å². The van der Waals surface area contributed by atoms with E-state index in [1.54, 1.807) is 29.2 Å². The molecule has 1 unspecified atom stereocenters. The lowest BCUT2D eigenvalue weighted by atomic mass is 9.85. The van der Waals surface area contributed by atoms with Crippen LogP contribution in [0.25, 0.3) is 5.76 Å². The van der Waals surface area contributed by atoms with Crippen LogP contribution in [0.3, 0.4) is 0 Å². The molecule has 5 nitrogen and oxygen atoms in total. The minimum atomic E-state index is -0.708. The minimum absolute atomic E-state index is 0.0404. The lowest BCUT2D eigenvalue weighted by Gasteiger charge is -2.27. The average molecular weight is 498 g/mol. The third-order valence-electron chi connectivity index (χ3n) is 6.92. The second-order valence-electron chi connectivity index (χ2n) is 10.7. The van der Waals surface area contributed by atoms with Crippen molar-refractivity contribution in [2.45, 2.75) is 59.5 Å². The van der Waals surface area contributed by atoms with Gasteiger partial charge in [-0.25, -0.2) is 0 Å². The predicted molar refractivity (Wildman–Crippen MR) is 147 cm³/mol. The molecule has 192 valence electrons. The monoisotopic (exact) mass is 497 g/mol. The molecule has 1 saturated heterocycles. The van der Waals surface area contributed by atoms with Crippen molar-refractivity contribution < 1.29 is 19.4 Å². The molecule has 4 rings (SSSR count). The average Bonchev–Trinajstić information content (AvgIpc) is 3.11. The van der Waals surface area contributed by atoms with Crippen LogP contribution in [0.2, 0.25) is 0 Å². The number of nitrogens with zero attached hydrogens (tertiary/aromatic N) is 1. The number of ether oxygens (including phenoxy) is 1. The highest BCUT2D eigenvalue weighted by Crippen LogP contribution is 2.41. The number of aryl methyl sites for hydroxylation is 2. The van der Waals surface area contributed by atoms with E-state index in [1.807, 2.05) is 63.2 Å².